The molecule has 4 atom stereocenters. The Bertz CT molecular complexity index is 716. The van der Waals surface area contributed by atoms with E-state index in [4.69, 9.17) is 14.2 Å². The summed E-state index contributed by atoms with van der Waals surface area (Å²) in [5.74, 6) is -0.917. The Labute approximate surface area is 160 Å². The van der Waals surface area contributed by atoms with Crippen molar-refractivity contribution in [3.05, 3.63) is 35.4 Å². The van der Waals surface area contributed by atoms with Gasteiger partial charge < -0.3 is 24.6 Å². The maximum absolute atomic E-state index is 13.1. The molecule has 4 rings (SSSR count). The highest BCUT2D eigenvalue weighted by Crippen LogP contribution is 2.43. The maximum Gasteiger partial charge on any atom is 0.252 e. The minimum atomic E-state index is -1.12. The summed E-state index contributed by atoms with van der Waals surface area (Å²) in [6.45, 7) is 6.01. The van der Waals surface area contributed by atoms with Crippen LogP contribution in [0.1, 0.15) is 50.7 Å². The number of ether oxygens (including phenoxy) is 3. The number of aliphatic hydroxyl groups excluding tert-OH is 1. The number of carbonyl (C=O) groups is 1. The van der Waals surface area contributed by atoms with Gasteiger partial charge in [-0.3, -0.25) is 4.79 Å². The number of hydrogen-bond donors (Lipinski definition) is 2. The molecule has 1 aromatic rings. The maximum atomic E-state index is 13.1. The molecule has 0 radical (unpaired) electrons. The van der Waals surface area contributed by atoms with E-state index in [-0.39, 0.29) is 24.5 Å². The van der Waals surface area contributed by atoms with Crippen LogP contribution in [0, 0.1) is 6.92 Å². The first-order chi connectivity index (χ1) is 12.8. The lowest BCUT2D eigenvalue weighted by molar-refractivity contribution is -0.175. The van der Waals surface area contributed by atoms with E-state index in [0.29, 0.717) is 13.0 Å². The molecule has 2 aliphatic carbocycles. The third kappa shape index (κ3) is 3.90. The molecule has 3 aliphatic rings. The van der Waals surface area contributed by atoms with Gasteiger partial charge in [0.2, 0.25) is 0 Å². The molecule has 2 N–H and O–H groups in total. The summed E-state index contributed by atoms with van der Waals surface area (Å²) < 4.78 is 18.1. The lowest BCUT2D eigenvalue weighted by Gasteiger charge is -2.42. The first-order valence-electron chi connectivity index (χ1n) is 9.81. The molecule has 6 nitrogen and oxygen atoms in total. The van der Waals surface area contributed by atoms with Gasteiger partial charge in [-0.2, -0.15) is 0 Å². The van der Waals surface area contributed by atoms with Gasteiger partial charge in [-0.15, -0.1) is 0 Å². The zero-order chi connectivity index (χ0) is 19.2. The Morgan fingerprint density at radius 2 is 2.00 bits per heavy atom. The highest BCUT2D eigenvalue weighted by molar-refractivity contribution is 5.86. The van der Waals surface area contributed by atoms with Gasteiger partial charge in [0.25, 0.3) is 5.91 Å². The molecular formula is C21H29NO5. The van der Waals surface area contributed by atoms with E-state index in [1.807, 2.05) is 45.0 Å². The number of aliphatic hydroxyl groups is 1. The molecule has 148 valence electrons. The molecule has 1 aliphatic heterocycles. The van der Waals surface area contributed by atoms with Crippen LogP contribution in [-0.4, -0.2) is 46.8 Å². The Morgan fingerprint density at radius 3 is 2.70 bits per heavy atom. The summed E-state index contributed by atoms with van der Waals surface area (Å²) in [5.41, 5.74) is 1.04. The zero-order valence-corrected chi connectivity index (χ0v) is 16.2. The molecule has 0 spiro atoms. The van der Waals surface area contributed by atoms with Crippen molar-refractivity contribution in [2.24, 2.45) is 0 Å². The van der Waals surface area contributed by atoms with Crippen molar-refractivity contribution < 1.29 is 24.1 Å². The minimum absolute atomic E-state index is 0.149. The molecule has 1 saturated heterocycles. The van der Waals surface area contributed by atoms with Gasteiger partial charge in [0.1, 0.15) is 6.10 Å². The van der Waals surface area contributed by atoms with Crippen LogP contribution in [0.2, 0.25) is 0 Å². The van der Waals surface area contributed by atoms with Gasteiger partial charge in [0, 0.05) is 18.9 Å². The number of amides is 1. The van der Waals surface area contributed by atoms with Gasteiger partial charge in [-0.25, -0.2) is 0 Å². The van der Waals surface area contributed by atoms with Crippen LogP contribution in [0.15, 0.2) is 24.3 Å². The van der Waals surface area contributed by atoms with Crippen molar-refractivity contribution in [1.82, 2.24) is 5.32 Å². The summed E-state index contributed by atoms with van der Waals surface area (Å²) in [7, 11) is 0. The largest absolute Gasteiger partial charge is 0.390 e. The molecule has 1 heterocycles. The average Bonchev–Trinajstić information content (AvgIpc) is 3.35. The number of hydrogen-bond acceptors (Lipinski definition) is 5. The second-order valence-electron chi connectivity index (χ2n) is 8.57. The molecule has 0 aromatic heterocycles. The monoisotopic (exact) mass is 375 g/mol. The smallest absolute Gasteiger partial charge is 0.252 e. The fourth-order valence-electron chi connectivity index (χ4n) is 4.11. The first kappa shape index (κ1) is 18.9. The second kappa shape index (κ2) is 6.85. The van der Waals surface area contributed by atoms with E-state index in [0.717, 1.165) is 24.0 Å². The minimum Gasteiger partial charge on any atom is -0.390 e. The van der Waals surface area contributed by atoms with Gasteiger partial charge in [0.15, 0.2) is 11.4 Å². The Morgan fingerprint density at radius 1 is 1.26 bits per heavy atom. The van der Waals surface area contributed by atoms with E-state index in [9.17, 15) is 9.90 Å². The van der Waals surface area contributed by atoms with E-state index in [1.165, 1.54) is 0 Å². The van der Waals surface area contributed by atoms with Crippen LogP contribution in [0.5, 0.6) is 0 Å². The van der Waals surface area contributed by atoms with Crippen molar-refractivity contribution in [2.75, 3.05) is 0 Å². The standard InChI is InChI=1S/C21H29NO5/c1-13-6-4-5-7-14(13)12-25-21(19(24)22-15-8-9-15)10-16(23)18-17(11-21)26-20(2,3)27-18/h4-7,15-18,23H,8-12H2,1-3H3,(H,22,24)/t16-,17-,18+,21-/m1/s1. The second-order valence-corrected chi connectivity index (χ2v) is 8.57. The van der Waals surface area contributed by atoms with E-state index >= 15 is 0 Å². The molecule has 3 fully saturated rings. The molecule has 27 heavy (non-hydrogen) atoms. The highest BCUT2D eigenvalue weighted by atomic mass is 16.8. The molecular weight excluding hydrogens is 346 g/mol. The third-order valence-corrected chi connectivity index (χ3v) is 5.76. The molecule has 0 bridgehead atoms. The number of rotatable bonds is 5. The third-order valence-electron chi connectivity index (χ3n) is 5.76. The number of fused-ring (bicyclic) bond motifs is 1. The topological polar surface area (TPSA) is 77.0 Å². The number of benzene rings is 1. The van der Waals surface area contributed by atoms with Crippen molar-refractivity contribution in [3.8, 4) is 0 Å². The SMILES string of the molecule is Cc1ccccc1CO[C@]1(C(=O)NC2CC2)C[C@@H](O)[C@@H]2OC(C)(C)O[C@@H]2C1. The van der Waals surface area contributed by atoms with Gasteiger partial charge in [0.05, 0.1) is 18.8 Å². The summed E-state index contributed by atoms with van der Waals surface area (Å²) in [4.78, 5) is 13.1. The molecule has 2 saturated carbocycles. The van der Waals surface area contributed by atoms with Crippen LogP contribution in [0.25, 0.3) is 0 Å². The van der Waals surface area contributed by atoms with Gasteiger partial charge >= 0.3 is 0 Å². The average molecular weight is 375 g/mol. The molecule has 0 unspecified atom stereocenters. The first-order valence-corrected chi connectivity index (χ1v) is 9.81. The predicted octanol–water partition coefficient (Wildman–Crippen LogP) is 2.20. The lowest BCUT2D eigenvalue weighted by Crippen LogP contribution is -2.59. The van der Waals surface area contributed by atoms with Crippen molar-refractivity contribution >= 4 is 5.91 Å². The predicted molar refractivity (Wildman–Crippen MR) is 98.9 cm³/mol. The van der Waals surface area contributed by atoms with Crippen molar-refractivity contribution in [1.29, 1.82) is 0 Å². The van der Waals surface area contributed by atoms with Crippen molar-refractivity contribution in [2.45, 2.75) is 88.8 Å². The van der Waals surface area contributed by atoms with Crippen LogP contribution in [0.3, 0.4) is 0 Å². The quantitative estimate of drug-likeness (QED) is 0.825. The summed E-state index contributed by atoms with van der Waals surface area (Å²) >= 11 is 0. The van der Waals surface area contributed by atoms with Crippen molar-refractivity contribution in [3.63, 3.8) is 0 Å². The molecule has 1 aromatic carbocycles. The van der Waals surface area contributed by atoms with Crippen LogP contribution >= 0.6 is 0 Å². The van der Waals surface area contributed by atoms with E-state index in [2.05, 4.69) is 5.32 Å². The van der Waals surface area contributed by atoms with Crippen LogP contribution in [-0.2, 0) is 25.6 Å². The highest BCUT2D eigenvalue weighted by Gasteiger charge is 2.57. The van der Waals surface area contributed by atoms with Crippen LogP contribution in [0.4, 0.5) is 0 Å². The Hall–Kier alpha value is -1.47. The fourth-order valence-corrected chi connectivity index (χ4v) is 4.11. The lowest BCUT2D eigenvalue weighted by atomic mass is 9.78. The zero-order valence-electron chi connectivity index (χ0n) is 16.2. The van der Waals surface area contributed by atoms with Gasteiger partial charge in [-0.1, -0.05) is 24.3 Å². The summed E-state index contributed by atoms with van der Waals surface area (Å²) in [6.07, 6.45) is 0.976. The van der Waals surface area contributed by atoms with Crippen LogP contribution < -0.4 is 5.32 Å². The Kier molecular flexibility index (Phi) is 4.79. The molecule has 6 heteroatoms. The Balaban J connectivity index is 1.57. The number of aryl methyl sites for hydroxylation is 1. The number of nitrogens with one attached hydrogen (secondary N) is 1. The summed E-state index contributed by atoms with van der Waals surface area (Å²) in [5, 5.41) is 13.8. The van der Waals surface area contributed by atoms with E-state index < -0.39 is 23.6 Å². The molecule has 1 amide bonds. The normalized spacial score (nSPS) is 34.9. The van der Waals surface area contributed by atoms with Gasteiger partial charge in [-0.05, 0) is 44.7 Å². The fraction of sp³-hybridized carbons (Fsp3) is 0.667. The summed E-state index contributed by atoms with van der Waals surface area (Å²) in [6, 6.07) is 8.20. The van der Waals surface area contributed by atoms with E-state index in [1.54, 1.807) is 0 Å². The number of carbonyl (C=O) groups excluding carboxylic acids is 1.